The predicted octanol–water partition coefficient (Wildman–Crippen LogP) is 3.05. The van der Waals surface area contributed by atoms with Crippen molar-refractivity contribution in [2.45, 2.75) is 13.0 Å². The molecule has 5 nitrogen and oxygen atoms in total. The Morgan fingerprint density at radius 3 is 2.52 bits per heavy atom. The van der Waals surface area contributed by atoms with E-state index >= 15 is 0 Å². The molecule has 1 aromatic rings. The number of carbonyl (C=O) groups is 3. The lowest BCUT2D eigenvalue weighted by Crippen LogP contribution is -2.42. The number of imide groups is 1. The number of nitrogens with zero attached hydrogens (tertiary/aromatic N) is 1. The normalized spacial score (nSPS) is 18.2. The highest BCUT2D eigenvalue weighted by molar-refractivity contribution is 9.10. The predicted molar refractivity (Wildman–Crippen MR) is 83.4 cm³/mol. The number of rotatable bonds is 3. The number of carbonyl (C=O) groups excluding carboxylic acids is 3. The molecule has 0 spiro atoms. The maximum atomic E-state index is 12.2. The Morgan fingerprint density at radius 2 is 1.95 bits per heavy atom. The zero-order chi connectivity index (χ0) is 15.6. The van der Waals surface area contributed by atoms with Crippen molar-refractivity contribution in [3.05, 3.63) is 39.2 Å². The highest BCUT2D eigenvalue weighted by Gasteiger charge is 2.41. The van der Waals surface area contributed by atoms with Gasteiger partial charge in [0.2, 0.25) is 0 Å². The van der Waals surface area contributed by atoms with E-state index in [0.29, 0.717) is 0 Å². The third-order valence-electron chi connectivity index (χ3n) is 2.92. The molecule has 2 rings (SSSR count). The van der Waals surface area contributed by atoms with Crippen LogP contribution in [0.5, 0.6) is 0 Å². The molecule has 0 N–H and O–H groups in total. The lowest BCUT2D eigenvalue weighted by atomic mass is 10.2. The lowest BCUT2D eigenvalue weighted by Gasteiger charge is -2.18. The van der Waals surface area contributed by atoms with Gasteiger partial charge in [-0.25, -0.2) is 4.79 Å². The van der Waals surface area contributed by atoms with Crippen molar-refractivity contribution in [3.8, 4) is 0 Å². The first-order valence-corrected chi connectivity index (χ1v) is 7.65. The fraction of sp³-hybridized carbons (Fsp3) is 0.214. The van der Waals surface area contributed by atoms with Gasteiger partial charge in [0.05, 0.1) is 12.0 Å². The van der Waals surface area contributed by atoms with Gasteiger partial charge in [-0.15, -0.1) is 0 Å². The molecule has 0 aliphatic carbocycles. The summed E-state index contributed by atoms with van der Waals surface area (Å²) in [5.41, 5.74) is 0.800. The number of amides is 2. The Hall–Kier alpha value is -1.60. The van der Waals surface area contributed by atoms with Crippen LogP contribution in [0.15, 0.2) is 33.6 Å². The fourth-order valence-corrected chi connectivity index (χ4v) is 2.97. The van der Waals surface area contributed by atoms with E-state index in [1.54, 1.807) is 6.08 Å². The number of hydrogen-bond acceptors (Lipinski definition) is 5. The summed E-state index contributed by atoms with van der Waals surface area (Å²) < 4.78 is 5.49. The zero-order valence-corrected chi connectivity index (χ0v) is 13.7. The van der Waals surface area contributed by atoms with Crippen molar-refractivity contribution in [3.63, 3.8) is 0 Å². The van der Waals surface area contributed by atoms with Crippen molar-refractivity contribution in [1.82, 2.24) is 4.90 Å². The Labute approximate surface area is 134 Å². The second-order valence-corrected chi connectivity index (χ2v) is 6.21. The van der Waals surface area contributed by atoms with E-state index in [0.717, 1.165) is 26.7 Å². The second kappa shape index (κ2) is 6.44. The van der Waals surface area contributed by atoms with Gasteiger partial charge in [-0.2, -0.15) is 0 Å². The number of halogens is 1. The van der Waals surface area contributed by atoms with Crippen LogP contribution < -0.4 is 0 Å². The largest absolute Gasteiger partial charge is 0.467 e. The summed E-state index contributed by atoms with van der Waals surface area (Å²) in [6, 6.07) is 6.39. The summed E-state index contributed by atoms with van der Waals surface area (Å²) in [6.45, 7) is 1.46. The maximum absolute atomic E-state index is 12.2. The van der Waals surface area contributed by atoms with Gasteiger partial charge >= 0.3 is 5.97 Å². The molecule has 2 amide bonds. The summed E-state index contributed by atoms with van der Waals surface area (Å²) in [4.78, 5) is 36.9. The van der Waals surface area contributed by atoms with Crippen LogP contribution in [0.1, 0.15) is 12.5 Å². The number of esters is 1. The molecule has 1 aliphatic heterocycles. The van der Waals surface area contributed by atoms with Crippen molar-refractivity contribution >= 4 is 50.9 Å². The summed E-state index contributed by atoms with van der Waals surface area (Å²) in [7, 11) is 1.22. The molecule has 7 heteroatoms. The third kappa shape index (κ3) is 3.36. The second-order valence-electron chi connectivity index (χ2n) is 4.30. The number of ether oxygens (including phenoxy) is 1. The molecule has 110 valence electrons. The molecular formula is C14H12BrNO4S. The SMILES string of the molecule is COC(=O)[C@@H](C)N1C(=O)S/C(=C/c2ccc(Br)cc2)C1=O. The molecular weight excluding hydrogens is 358 g/mol. The molecule has 0 aromatic heterocycles. The Bertz CT molecular complexity index is 626. The van der Waals surface area contributed by atoms with Crippen molar-refractivity contribution in [2.75, 3.05) is 7.11 Å². The minimum atomic E-state index is -0.932. The van der Waals surface area contributed by atoms with Crippen molar-refractivity contribution < 1.29 is 19.1 Å². The standard InChI is InChI=1S/C14H12BrNO4S/c1-8(13(18)20-2)16-12(17)11(21-14(16)19)7-9-3-5-10(15)6-4-9/h3-8H,1-2H3/b11-7+/t8-/m1/s1. The van der Waals surface area contributed by atoms with Crippen LogP contribution >= 0.6 is 27.7 Å². The molecule has 0 unspecified atom stereocenters. The van der Waals surface area contributed by atoms with E-state index in [2.05, 4.69) is 20.7 Å². The number of benzene rings is 1. The van der Waals surface area contributed by atoms with Gasteiger partial charge in [-0.3, -0.25) is 14.5 Å². The van der Waals surface area contributed by atoms with E-state index < -0.39 is 23.2 Å². The lowest BCUT2D eigenvalue weighted by molar-refractivity contribution is -0.148. The first-order chi connectivity index (χ1) is 9.93. The number of hydrogen-bond donors (Lipinski definition) is 0. The van der Waals surface area contributed by atoms with Gasteiger partial charge in [-0.05, 0) is 42.5 Å². The summed E-state index contributed by atoms with van der Waals surface area (Å²) in [5, 5.41) is -0.471. The van der Waals surface area contributed by atoms with Gasteiger partial charge in [-0.1, -0.05) is 28.1 Å². The Morgan fingerprint density at radius 1 is 1.33 bits per heavy atom. The van der Waals surface area contributed by atoms with Crippen molar-refractivity contribution in [2.24, 2.45) is 0 Å². The molecule has 0 bridgehead atoms. The van der Waals surface area contributed by atoms with E-state index in [1.165, 1.54) is 14.0 Å². The fourth-order valence-electron chi connectivity index (χ4n) is 1.80. The van der Waals surface area contributed by atoms with Crippen LogP contribution in [0.3, 0.4) is 0 Å². The molecule has 1 aliphatic rings. The topological polar surface area (TPSA) is 63.7 Å². The first-order valence-electron chi connectivity index (χ1n) is 6.04. The van der Waals surface area contributed by atoms with Gasteiger partial charge in [0.1, 0.15) is 6.04 Å². The smallest absolute Gasteiger partial charge is 0.328 e. The molecule has 1 fully saturated rings. The molecule has 1 atom stereocenters. The minimum Gasteiger partial charge on any atom is -0.467 e. The van der Waals surface area contributed by atoms with Crippen LogP contribution in [-0.2, 0) is 14.3 Å². The highest BCUT2D eigenvalue weighted by atomic mass is 79.9. The van der Waals surface area contributed by atoms with Crippen LogP contribution in [-0.4, -0.2) is 35.2 Å². The maximum Gasteiger partial charge on any atom is 0.328 e. The van der Waals surface area contributed by atoms with Crippen LogP contribution in [0.25, 0.3) is 6.08 Å². The molecule has 0 saturated carbocycles. The summed E-state index contributed by atoms with van der Waals surface area (Å²) in [6.07, 6.45) is 1.63. The minimum absolute atomic E-state index is 0.290. The Kier molecular flexibility index (Phi) is 4.84. The van der Waals surface area contributed by atoms with Gasteiger partial charge in [0.25, 0.3) is 11.1 Å². The quantitative estimate of drug-likeness (QED) is 0.605. The highest BCUT2D eigenvalue weighted by Crippen LogP contribution is 2.33. The van der Waals surface area contributed by atoms with E-state index in [9.17, 15) is 14.4 Å². The Balaban J connectivity index is 2.25. The monoisotopic (exact) mass is 369 g/mol. The first kappa shape index (κ1) is 15.8. The number of methoxy groups -OCH3 is 1. The van der Waals surface area contributed by atoms with E-state index in [4.69, 9.17) is 0 Å². The average Bonchev–Trinajstić information content (AvgIpc) is 2.74. The van der Waals surface area contributed by atoms with Gasteiger partial charge < -0.3 is 4.74 Å². The third-order valence-corrected chi connectivity index (χ3v) is 4.33. The molecule has 21 heavy (non-hydrogen) atoms. The number of thioether (sulfide) groups is 1. The van der Waals surface area contributed by atoms with E-state index in [-0.39, 0.29) is 4.91 Å². The molecule has 1 heterocycles. The average molecular weight is 370 g/mol. The van der Waals surface area contributed by atoms with Gasteiger partial charge in [0.15, 0.2) is 0 Å². The molecule has 1 aromatic carbocycles. The van der Waals surface area contributed by atoms with Crippen LogP contribution in [0.2, 0.25) is 0 Å². The van der Waals surface area contributed by atoms with E-state index in [1.807, 2.05) is 24.3 Å². The summed E-state index contributed by atoms with van der Waals surface area (Å²) in [5.74, 6) is -1.10. The van der Waals surface area contributed by atoms with Crippen LogP contribution in [0, 0.1) is 0 Å². The zero-order valence-electron chi connectivity index (χ0n) is 11.3. The van der Waals surface area contributed by atoms with Crippen LogP contribution in [0.4, 0.5) is 4.79 Å². The van der Waals surface area contributed by atoms with Crippen molar-refractivity contribution in [1.29, 1.82) is 0 Å². The molecule has 1 saturated heterocycles. The van der Waals surface area contributed by atoms with Gasteiger partial charge in [0, 0.05) is 4.47 Å². The molecule has 0 radical (unpaired) electrons. The summed E-state index contributed by atoms with van der Waals surface area (Å²) >= 11 is 4.14.